The van der Waals surface area contributed by atoms with Crippen molar-refractivity contribution in [2.45, 2.75) is 11.3 Å². The number of fused-ring (bicyclic) bond motifs is 1. The van der Waals surface area contributed by atoms with Crippen LogP contribution in [-0.2, 0) is 21.2 Å². The number of hydrogen-bond acceptors (Lipinski definition) is 5. The zero-order chi connectivity index (χ0) is 22.7. The third-order valence-electron chi connectivity index (χ3n) is 5.45. The highest BCUT2D eigenvalue weighted by Crippen LogP contribution is 2.33. The SMILES string of the molecule is COc1ccc(N(C)C(=O)COc2ccc(S(=O)(=O)N3CCc4ccccc43)cc2)cc1. The Morgan fingerprint density at radius 3 is 2.31 bits per heavy atom. The fourth-order valence-corrected chi connectivity index (χ4v) is 5.09. The van der Waals surface area contributed by atoms with E-state index in [-0.39, 0.29) is 17.4 Å². The largest absolute Gasteiger partial charge is 0.497 e. The number of amides is 1. The highest BCUT2D eigenvalue weighted by molar-refractivity contribution is 7.92. The van der Waals surface area contributed by atoms with Gasteiger partial charge in [0.1, 0.15) is 11.5 Å². The topological polar surface area (TPSA) is 76.1 Å². The van der Waals surface area contributed by atoms with Crippen LogP contribution in [0.25, 0.3) is 0 Å². The number of rotatable bonds is 7. The number of likely N-dealkylation sites (N-methyl/N-ethyl adjacent to an activating group) is 1. The molecule has 8 heteroatoms. The maximum Gasteiger partial charge on any atom is 0.264 e. The number of carbonyl (C=O) groups excluding carboxylic acids is 1. The first-order valence-corrected chi connectivity index (χ1v) is 11.6. The van der Waals surface area contributed by atoms with Gasteiger partial charge in [0.2, 0.25) is 0 Å². The summed E-state index contributed by atoms with van der Waals surface area (Å²) in [6.07, 6.45) is 0.695. The third kappa shape index (κ3) is 4.27. The van der Waals surface area contributed by atoms with Crippen molar-refractivity contribution in [3.05, 3.63) is 78.4 Å². The zero-order valence-electron chi connectivity index (χ0n) is 17.9. The van der Waals surface area contributed by atoms with E-state index < -0.39 is 10.0 Å². The summed E-state index contributed by atoms with van der Waals surface area (Å²) in [6.45, 7) is 0.250. The second kappa shape index (κ2) is 8.92. The van der Waals surface area contributed by atoms with Gasteiger partial charge >= 0.3 is 0 Å². The fourth-order valence-electron chi connectivity index (χ4n) is 3.58. The third-order valence-corrected chi connectivity index (χ3v) is 7.28. The molecule has 1 aliphatic heterocycles. The van der Waals surface area contributed by atoms with Gasteiger partial charge in [-0.15, -0.1) is 0 Å². The molecule has 0 N–H and O–H groups in total. The van der Waals surface area contributed by atoms with Crippen molar-refractivity contribution < 1.29 is 22.7 Å². The molecule has 0 aliphatic carbocycles. The normalized spacial score (nSPS) is 12.9. The number of methoxy groups -OCH3 is 1. The van der Waals surface area contributed by atoms with Crippen molar-refractivity contribution in [1.82, 2.24) is 0 Å². The van der Waals surface area contributed by atoms with Crippen LogP contribution in [0.4, 0.5) is 11.4 Å². The first-order valence-electron chi connectivity index (χ1n) is 10.1. The zero-order valence-corrected chi connectivity index (χ0v) is 18.7. The van der Waals surface area contributed by atoms with Crippen LogP contribution < -0.4 is 18.7 Å². The van der Waals surface area contributed by atoms with Crippen LogP contribution in [0.5, 0.6) is 11.5 Å². The van der Waals surface area contributed by atoms with E-state index in [9.17, 15) is 13.2 Å². The molecule has 32 heavy (non-hydrogen) atoms. The summed E-state index contributed by atoms with van der Waals surface area (Å²) in [5.41, 5.74) is 2.46. The van der Waals surface area contributed by atoms with Gasteiger partial charge in [0.05, 0.1) is 17.7 Å². The lowest BCUT2D eigenvalue weighted by Gasteiger charge is -2.20. The lowest BCUT2D eigenvalue weighted by molar-refractivity contribution is -0.120. The minimum absolute atomic E-state index is 0.172. The molecule has 1 heterocycles. The standard InChI is InChI=1S/C24H24N2O5S/c1-25(19-7-9-20(30-2)10-8-19)24(27)17-31-21-11-13-22(14-12-21)32(28,29)26-16-15-18-5-3-4-6-23(18)26/h3-14H,15-17H2,1-2H3. The Hall–Kier alpha value is -3.52. The molecule has 0 saturated heterocycles. The minimum atomic E-state index is -3.66. The molecule has 166 valence electrons. The number of hydrogen-bond donors (Lipinski definition) is 0. The minimum Gasteiger partial charge on any atom is -0.497 e. The van der Waals surface area contributed by atoms with Gasteiger partial charge in [-0.1, -0.05) is 18.2 Å². The maximum absolute atomic E-state index is 13.1. The summed E-state index contributed by atoms with van der Waals surface area (Å²) < 4.78 is 38.3. The van der Waals surface area contributed by atoms with E-state index >= 15 is 0 Å². The Bertz CT molecular complexity index is 1210. The van der Waals surface area contributed by atoms with Gasteiger partial charge in [-0.2, -0.15) is 0 Å². The molecule has 0 unspecified atom stereocenters. The highest BCUT2D eigenvalue weighted by Gasteiger charge is 2.30. The van der Waals surface area contributed by atoms with Crippen LogP contribution in [0.2, 0.25) is 0 Å². The first kappa shape index (κ1) is 21.7. The molecular formula is C24H24N2O5S. The summed E-state index contributed by atoms with van der Waals surface area (Å²) in [5.74, 6) is 0.890. The van der Waals surface area contributed by atoms with Gasteiger partial charge < -0.3 is 14.4 Å². The second-order valence-corrected chi connectivity index (χ2v) is 9.23. The summed E-state index contributed by atoms with van der Waals surface area (Å²) in [5, 5.41) is 0. The summed E-state index contributed by atoms with van der Waals surface area (Å²) in [7, 11) is -0.418. The maximum atomic E-state index is 13.1. The molecule has 3 aromatic carbocycles. The van der Waals surface area contributed by atoms with Crippen molar-refractivity contribution in [2.75, 3.05) is 36.5 Å². The Balaban J connectivity index is 1.40. The fraction of sp³-hybridized carbons (Fsp3) is 0.208. The van der Waals surface area contributed by atoms with Gasteiger partial charge in [0.25, 0.3) is 15.9 Å². The number of benzene rings is 3. The van der Waals surface area contributed by atoms with Crippen LogP contribution >= 0.6 is 0 Å². The van der Waals surface area contributed by atoms with Crippen molar-refractivity contribution in [3.8, 4) is 11.5 Å². The molecule has 0 aromatic heterocycles. The number of para-hydroxylation sites is 1. The van der Waals surface area contributed by atoms with Crippen molar-refractivity contribution in [2.24, 2.45) is 0 Å². The number of nitrogens with zero attached hydrogens (tertiary/aromatic N) is 2. The van der Waals surface area contributed by atoms with E-state index in [0.717, 1.165) is 11.3 Å². The molecule has 4 rings (SSSR count). The van der Waals surface area contributed by atoms with Crippen LogP contribution in [0.3, 0.4) is 0 Å². The van der Waals surface area contributed by atoms with Gasteiger partial charge in [0.15, 0.2) is 6.61 Å². The van der Waals surface area contributed by atoms with Gasteiger partial charge in [0, 0.05) is 19.3 Å². The molecule has 7 nitrogen and oxygen atoms in total. The quantitative estimate of drug-likeness (QED) is 0.549. The van der Waals surface area contributed by atoms with E-state index in [4.69, 9.17) is 9.47 Å². The van der Waals surface area contributed by atoms with Crippen molar-refractivity contribution in [3.63, 3.8) is 0 Å². The molecule has 0 spiro atoms. The van der Waals surface area contributed by atoms with E-state index in [1.807, 2.05) is 24.3 Å². The number of anilines is 2. The smallest absolute Gasteiger partial charge is 0.264 e. The average Bonchev–Trinajstić information content (AvgIpc) is 3.27. The van der Waals surface area contributed by atoms with Crippen LogP contribution in [0.15, 0.2) is 77.7 Å². The molecule has 1 aliphatic rings. The van der Waals surface area contributed by atoms with Gasteiger partial charge in [-0.05, 0) is 66.6 Å². The molecule has 3 aromatic rings. The average molecular weight is 453 g/mol. The predicted molar refractivity (Wildman–Crippen MR) is 123 cm³/mol. The Kier molecular flexibility index (Phi) is 6.05. The van der Waals surface area contributed by atoms with E-state index in [0.29, 0.717) is 30.2 Å². The lowest BCUT2D eigenvalue weighted by atomic mass is 10.2. The van der Waals surface area contributed by atoms with Crippen LogP contribution in [0.1, 0.15) is 5.56 Å². The van der Waals surface area contributed by atoms with Crippen molar-refractivity contribution >= 4 is 27.3 Å². The first-order chi connectivity index (χ1) is 15.4. The summed E-state index contributed by atoms with van der Waals surface area (Å²) >= 11 is 0. The lowest BCUT2D eigenvalue weighted by Crippen LogP contribution is -2.31. The highest BCUT2D eigenvalue weighted by atomic mass is 32.2. The number of carbonyl (C=O) groups is 1. The van der Waals surface area contributed by atoms with Gasteiger partial charge in [-0.3, -0.25) is 9.10 Å². The second-order valence-electron chi connectivity index (χ2n) is 7.37. The van der Waals surface area contributed by atoms with Crippen LogP contribution in [-0.4, -0.2) is 41.6 Å². The molecule has 0 atom stereocenters. The van der Waals surface area contributed by atoms with Gasteiger partial charge in [-0.25, -0.2) is 8.42 Å². The molecule has 0 saturated carbocycles. The van der Waals surface area contributed by atoms with E-state index in [1.165, 1.54) is 21.3 Å². The van der Waals surface area contributed by atoms with E-state index in [2.05, 4.69) is 0 Å². The Morgan fingerprint density at radius 2 is 1.62 bits per heavy atom. The summed E-state index contributed by atoms with van der Waals surface area (Å²) in [6, 6.07) is 20.8. The van der Waals surface area contributed by atoms with Crippen molar-refractivity contribution in [1.29, 1.82) is 0 Å². The molecule has 0 radical (unpaired) electrons. The molecule has 1 amide bonds. The van der Waals surface area contributed by atoms with Crippen LogP contribution in [0, 0.1) is 0 Å². The predicted octanol–water partition coefficient (Wildman–Crippen LogP) is 3.49. The summed E-state index contributed by atoms with van der Waals surface area (Å²) in [4.78, 5) is 14.1. The molecule has 0 bridgehead atoms. The number of ether oxygens (including phenoxy) is 2. The number of sulfonamides is 1. The van der Waals surface area contributed by atoms with E-state index in [1.54, 1.807) is 50.6 Å². The monoisotopic (exact) mass is 452 g/mol. The molecular weight excluding hydrogens is 428 g/mol. The Morgan fingerprint density at radius 1 is 0.969 bits per heavy atom. The Labute approximate surface area is 187 Å². The molecule has 0 fully saturated rings.